The van der Waals surface area contributed by atoms with E-state index in [1.54, 1.807) is 0 Å². The lowest BCUT2D eigenvalue weighted by Gasteiger charge is -2.00. The van der Waals surface area contributed by atoms with Crippen LogP contribution in [-0.2, 0) is 4.79 Å². The molecule has 52 valence electrons. The second kappa shape index (κ2) is 1.48. The van der Waals surface area contributed by atoms with E-state index in [4.69, 9.17) is 10.8 Å². The second-order valence-electron chi connectivity index (χ2n) is 2.82. The number of rotatable bonds is 1. The molecule has 1 unspecified atom stereocenters. The van der Waals surface area contributed by atoms with E-state index in [9.17, 15) is 4.79 Å². The first-order valence-corrected chi connectivity index (χ1v) is 3.03. The fourth-order valence-electron chi connectivity index (χ4n) is 1.20. The summed E-state index contributed by atoms with van der Waals surface area (Å²) in [4.78, 5) is 10.4. The average Bonchev–Trinajstić information content (AvgIpc) is 2.22. The summed E-state index contributed by atoms with van der Waals surface area (Å²) in [5, 5.41) is 8.53. The molecule has 3 N–H and O–H groups in total. The van der Waals surface area contributed by atoms with Gasteiger partial charge in [-0.3, -0.25) is 4.79 Å². The average molecular weight is 129 g/mol. The molecule has 1 aliphatic rings. The predicted octanol–water partition coefficient (Wildman–Crippen LogP) is 0.0543. The molecule has 0 amide bonds. The minimum absolute atomic E-state index is 0.134. The Balaban J connectivity index is 2.71. The minimum Gasteiger partial charge on any atom is -0.480 e. The van der Waals surface area contributed by atoms with Crippen LogP contribution in [0.1, 0.15) is 13.8 Å². The fourth-order valence-corrected chi connectivity index (χ4v) is 1.20. The lowest BCUT2D eigenvalue weighted by molar-refractivity contribution is -0.140. The maximum atomic E-state index is 10.4. The summed E-state index contributed by atoms with van der Waals surface area (Å²) < 4.78 is 0. The minimum atomic E-state index is -0.917. The first kappa shape index (κ1) is 6.55. The predicted molar refractivity (Wildman–Crippen MR) is 32.9 cm³/mol. The lowest BCUT2D eigenvalue weighted by atomic mass is 10.2. The molecule has 0 aromatic rings. The van der Waals surface area contributed by atoms with E-state index in [2.05, 4.69) is 0 Å². The fraction of sp³-hybridized carbons (Fsp3) is 0.833. The summed E-state index contributed by atoms with van der Waals surface area (Å²) in [6.07, 6.45) is 0. The topological polar surface area (TPSA) is 63.3 Å². The Morgan fingerprint density at radius 3 is 1.89 bits per heavy atom. The van der Waals surface area contributed by atoms with Crippen LogP contribution < -0.4 is 5.73 Å². The van der Waals surface area contributed by atoms with Crippen LogP contribution in [0.2, 0.25) is 0 Å². The van der Waals surface area contributed by atoms with E-state index < -0.39 is 11.5 Å². The van der Waals surface area contributed by atoms with E-state index in [-0.39, 0.29) is 11.8 Å². The molecular formula is C6H11NO2. The molecule has 0 heterocycles. The molecule has 3 atom stereocenters. The first-order chi connectivity index (χ1) is 4.01. The molecule has 0 bridgehead atoms. The molecule has 3 heteroatoms. The maximum Gasteiger partial charge on any atom is 0.324 e. The summed E-state index contributed by atoms with van der Waals surface area (Å²) in [6, 6.07) is 0. The van der Waals surface area contributed by atoms with Gasteiger partial charge in [0, 0.05) is 0 Å². The molecule has 0 aliphatic heterocycles. The lowest BCUT2D eigenvalue weighted by Crippen LogP contribution is -2.36. The van der Waals surface area contributed by atoms with Crippen LogP contribution in [-0.4, -0.2) is 16.6 Å². The number of carboxylic acids is 1. The van der Waals surface area contributed by atoms with Crippen LogP contribution in [0, 0.1) is 11.8 Å². The molecule has 1 saturated carbocycles. The van der Waals surface area contributed by atoms with Gasteiger partial charge in [-0.2, -0.15) is 0 Å². The van der Waals surface area contributed by atoms with Crippen molar-refractivity contribution in [3.63, 3.8) is 0 Å². The number of aliphatic carboxylic acids is 1. The van der Waals surface area contributed by atoms with Gasteiger partial charge >= 0.3 is 5.97 Å². The third kappa shape index (κ3) is 0.580. The number of carboxylic acid groups (broad SMARTS) is 1. The highest BCUT2D eigenvalue weighted by molar-refractivity contribution is 5.83. The zero-order chi connectivity index (χ0) is 7.23. The van der Waals surface area contributed by atoms with Gasteiger partial charge in [0.05, 0.1) is 0 Å². The standard InChI is InChI=1S/C6H11NO2/c1-3-4(2)6(3,7)5(8)9/h3-4H,7H2,1-2H3,(H,8,9)/t3-,4+,6?. The molecule has 9 heavy (non-hydrogen) atoms. The van der Waals surface area contributed by atoms with Gasteiger partial charge in [-0.05, 0) is 11.8 Å². The van der Waals surface area contributed by atoms with Gasteiger partial charge in [0.1, 0.15) is 5.54 Å². The summed E-state index contributed by atoms with van der Waals surface area (Å²) in [5.41, 5.74) is 4.56. The molecule has 0 aromatic heterocycles. The molecule has 1 aliphatic carbocycles. The van der Waals surface area contributed by atoms with Crippen LogP contribution in [0.5, 0.6) is 0 Å². The van der Waals surface area contributed by atoms with Crippen LogP contribution in [0.15, 0.2) is 0 Å². The van der Waals surface area contributed by atoms with Gasteiger partial charge in [0.2, 0.25) is 0 Å². The van der Waals surface area contributed by atoms with Gasteiger partial charge in [0.25, 0.3) is 0 Å². The van der Waals surface area contributed by atoms with Gasteiger partial charge in [-0.15, -0.1) is 0 Å². The summed E-state index contributed by atoms with van der Waals surface area (Å²) >= 11 is 0. The number of nitrogens with two attached hydrogens (primary N) is 1. The molecule has 0 radical (unpaired) electrons. The SMILES string of the molecule is C[C@@H]1[C@H](C)C1(N)C(=O)O. The van der Waals surface area contributed by atoms with Crippen molar-refractivity contribution < 1.29 is 9.90 Å². The van der Waals surface area contributed by atoms with Crippen molar-refractivity contribution in [2.75, 3.05) is 0 Å². The highest BCUT2D eigenvalue weighted by atomic mass is 16.4. The van der Waals surface area contributed by atoms with Crippen LogP contribution in [0.3, 0.4) is 0 Å². The van der Waals surface area contributed by atoms with E-state index >= 15 is 0 Å². The molecule has 1 rings (SSSR count). The Bertz CT molecular complexity index is 147. The Hall–Kier alpha value is -0.570. The van der Waals surface area contributed by atoms with E-state index in [0.717, 1.165) is 0 Å². The largest absolute Gasteiger partial charge is 0.480 e. The maximum absolute atomic E-state index is 10.4. The van der Waals surface area contributed by atoms with Gasteiger partial charge in [-0.25, -0.2) is 0 Å². The van der Waals surface area contributed by atoms with Crippen molar-refractivity contribution in [2.24, 2.45) is 17.6 Å². The van der Waals surface area contributed by atoms with Gasteiger partial charge in [-0.1, -0.05) is 13.8 Å². The van der Waals surface area contributed by atoms with Crippen molar-refractivity contribution in [3.8, 4) is 0 Å². The van der Waals surface area contributed by atoms with Crippen molar-refractivity contribution in [3.05, 3.63) is 0 Å². The molecule has 3 nitrogen and oxygen atoms in total. The van der Waals surface area contributed by atoms with E-state index in [1.165, 1.54) is 0 Å². The Morgan fingerprint density at radius 1 is 1.56 bits per heavy atom. The van der Waals surface area contributed by atoms with Crippen LogP contribution >= 0.6 is 0 Å². The van der Waals surface area contributed by atoms with Crippen molar-refractivity contribution in [1.82, 2.24) is 0 Å². The number of hydrogen-bond acceptors (Lipinski definition) is 2. The van der Waals surface area contributed by atoms with E-state index in [1.807, 2.05) is 13.8 Å². The van der Waals surface area contributed by atoms with Crippen LogP contribution in [0.25, 0.3) is 0 Å². The molecular weight excluding hydrogens is 118 g/mol. The van der Waals surface area contributed by atoms with Crippen molar-refractivity contribution >= 4 is 5.97 Å². The first-order valence-electron chi connectivity index (χ1n) is 3.03. The second-order valence-corrected chi connectivity index (χ2v) is 2.82. The number of carbonyl (C=O) groups is 1. The summed E-state index contributed by atoms with van der Waals surface area (Å²) in [5.74, 6) is -0.604. The van der Waals surface area contributed by atoms with Crippen LogP contribution in [0.4, 0.5) is 0 Å². The Morgan fingerprint density at radius 2 is 1.89 bits per heavy atom. The normalized spacial score (nSPS) is 48.8. The monoisotopic (exact) mass is 129 g/mol. The zero-order valence-corrected chi connectivity index (χ0v) is 5.59. The van der Waals surface area contributed by atoms with Gasteiger partial charge in [0.15, 0.2) is 0 Å². The third-order valence-corrected chi connectivity index (χ3v) is 2.52. The van der Waals surface area contributed by atoms with Gasteiger partial charge < -0.3 is 10.8 Å². The third-order valence-electron chi connectivity index (χ3n) is 2.52. The molecule has 0 aromatic carbocycles. The molecule has 0 spiro atoms. The smallest absolute Gasteiger partial charge is 0.324 e. The molecule has 1 fully saturated rings. The highest BCUT2D eigenvalue weighted by Gasteiger charge is 2.62. The Kier molecular flexibility index (Phi) is 1.07. The van der Waals surface area contributed by atoms with Crippen molar-refractivity contribution in [1.29, 1.82) is 0 Å². The Labute approximate surface area is 53.9 Å². The quantitative estimate of drug-likeness (QED) is 0.526. The van der Waals surface area contributed by atoms with E-state index in [0.29, 0.717) is 0 Å². The highest BCUT2D eigenvalue weighted by Crippen LogP contribution is 2.47. The summed E-state index contributed by atoms with van der Waals surface area (Å²) in [6.45, 7) is 3.72. The molecule has 0 saturated heterocycles. The zero-order valence-electron chi connectivity index (χ0n) is 5.59. The van der Waals surface area contributed by atoms with Crippen molar-refractivity contribution in [2.45, 2.75) is 19.4 Å². The number of hydrogen-bond donors (Lipinski definition) is 2. The summed E-state index contributed by atoms with van der Waals surface area (Å²) in [7, 11) is 0.